The molecule has 0 aliphatic carbocycles. The zero-order valence-corrected chi connectivity index (χ0v) is 22.6. The van der Waals surface area contributed by atoms with E-state index in [1.54, 1.807) is 26.8 Å². The number of hydrogen-bond acceptors (Lipinski definition) is 8. The van der Waals surface area contributed by atoms with Gasteiger partial charge in [0.2, 0.25) is 0 Å². The molecule has 0 saturated carbocycles. The Labute approximate surface area is 221 Å². The van der Waals surface area contributed by atoms with Gasteiger partial charge in [-0.2, -0.15) is 13.2 Å². The number of benzene rings is 1. The first-order valence-corrected chi connectivity index (χ1v) is 12.7. The molecule has 204 valence electrons. The number of thiazole rings is 1. The second kappa shape index (κ2) is 10.0. The van der Waals surface area contributed by atoms with E-state index in [2.05, 4.69) is 9.97 Å². The molecule has 1 amide bonds. The molecular formula is C26H28F3N3O5S. The molecule has 8 nitrogen and oxygen atoms in total. The van der Waals surface area contributed by atoms with Crippen molar-refractivity contribution in [3.8, 4) is 16.5 Å². The third-order valence-corrected chi connectivity index (χ3v) is 7.00. The number of likely N-dealkylation sites (tertiary alicyclic amines) is 1. The fourth-order valence-electron chi connectivity index (χ4n) is 4.17. The summed E-state index contributed by atoms with van der Waals surface area (Å²) in [7, 11) is 1.24. The minimum absolute atomic E-state index is 0.0497. The third kappa shape index (κ3) is 5.69. The summed E-state index contributed by atoms with van der Waals surface area (Å²) in [6, 6.07) is 4.35. The number of aromatic nitrogens is 2. The second-order valence-electron chi connectivity index (χ2n) is 10.1. The SMILES string of the molecule is COC(=O)[C@@H]1C[C@H](Oc2cc(-c3nc(C(F)(F)F)cs3)nc3c(C)c(C)ccc23)CN1C(=O)OC(C)(C)C. The van der Waals surface area contributed by atoms with Gasteiger partial charge in [-0.05, 0) is 51.8 Å². The summed E-state index contributed by atoms with van der Waals surface area (Å²) in [5, 5.41) is 1.69. The number of aryl methyl sites for hydroxylation is 2. The monoisotopic (exact) mass is 551 g/mol. The van der Waals surface area contributed by atoms with E-state index >= 15 is 0 Å². The van der Waals surface area contributed by atoms with Crippen LogP contribution in [0.25, 0.3) is 21.6 Å². The smallest absolute Gasteiger partial charge is 0.434 e. The first kappa shape index (κ1) is 27.6. The standard InChI is InChI=1S/C26H28F3N3O5S/c1-13-7-8-16-19(10-17(30-21(16)14(13)2)22-31-20(12-38-22)26(27,28)29)36-15-9-18(23(33)35-6)32(11-15)24(34)37-25(3,4)5/h7-8,10,12,15,18H,9,11H2,1-6H3/t15-,18-/m0/s1. The number of methoxy groups -OCH3 is 1. The van der Waals surface area contributed by atoms with Gasteiger partial charge in [0.1, 0.15) is 34.2 Å². The molecule has 1 aromatic carbocycles. The van der Waals surface area contributed by atoms with Crippen LogP contribution in [0, 0.1) is 13.8 Å². The lowest BCUT2D eigenvalue weighted by Gasteiger charge is -2.27. The number of carbonyl (C=O) groups is 2. The maximum atomic E-state index is 13.2. The molecule has 12 heteroatoms. The van der Waals surface area contributed by atoms with Gasteiger partial charge in [0.05, 0.1) is 19.2 Å². The van der Waals surface area contributed by atoms with E-state index in [0.29, 0.717) is 16.7 Å². The summed E-state index contributed by atoms with van der Waals surface area (Å²) in [6.07, 6.45) is -5.72. The Morgan fingerprint density at radius 2 is 1.84 bits per heavy atom. The van der Waals surface area contributed by atoms with Crippen LogP contribution in [0.5, 0.6) is 5.75 Å². The maximum Gasteiger partial charge on any atom is 0.434 e. The van der Waals surface area contributed by atoms with Crippen molar-refractivity contribution in [1.29, 1.82) is 0 Å². The normalized spacial score (nSPS) is 18.1. The number of esters is 1. The van der Waals surface area contributed by atoms with E-state index in [0.717, 1.165) is 27.8 Å². The molecule has 2 aromatic heterocycles. The fraction of sp³-hybridized carbons (Fsp3) is 0.462. The lowest BCUT2D eigenvalue weighted by molar-refractivity contribution is -0.145. The van der Waals surface area contributed by atoms with Gasteiger partial charge in [0.25, 0.3) is 0 Å². The van der Waals surface area contributed by atoms with Crippen LogP contribution in [-0.2, 0) is 20.4 Å². The number of nitrogens with zero attached hydrogens (tertiary/aromatic N) is 3. The molecule has 3 heterocycles. The van der Waals surface area contributed by atoms with Crippen LogP contribution in [0.1, 0.15) is 44.0 Å². The van der Waals surface area contributed by atoms with Crippen molar-refractivity contribution < 1.29 is 37.0 Å². The molecule has 1 saturated heterocycles. The summed E-state index contributed by atoms with van der Waals surface area (Å²) < 4.78 is 56.2. The number of amides is 1. The number of pyridine rings is 1. The first-order chi connectivity index (χ1) is 17.7. The highest BCUT2D eigenvalue weighted by molar-refractivity contribution is 7.13. The Morgan fingerprint density at radius 1 is 1.13 bits per heavy atom. The van der Waals surface area contributed by atoms with Crippen LogP contribution < -0.4 is 4.74 Å². The summed E-state index contributed by atoms with van der Waals surface area (Å²) in [5.41, 5.74) is 0.821. The molecule has 4 rings (SSSR count). The predicted octanol–water partition coefficient (Wildman–Crippen LogP) is 5.92. The van der Waals surface area contributed by atoms with Gasteiger partial charge in [-0.3, -0.25) is 4.90 Å². The summed E-state index contributed by atoms with van der Waals surface area (Å²) >= 11 is 0.837. The number of halogens is 3. The van der Waals surface area contributed by atoms with Gasteiger partial charge in [-0.15, -0.1) is 11.3 Å². The molecule has 0 radical (unpaired) electrons. The largest absolute Gasteiger partial charge is 0.488 e. The Bertz CT molecular complexity index is 1380. The molecule has 0 N–H and O–H groups in total. The van der Waals surface area contributed by atoms with E-state index in [1.807, 2.05) is 26.0 Å². The number of ether oxygens (including phenoxy) is 3. The van der Waals surface area contributed by atoms with Crippen LogP contribution in [0.15, 0.2) is 23.6 Å². The van der Waals surface area contributed by atoms with Gasteiger partial charge < -0.3 is 14.2 Å². The highest BCUT2D eigenvalue weighted by Gasteiger charge is 2.43. The Balaban J connectivity index is 1.72. The average molecular weight is 552 g/mol. The number of fused-ring (bicyclic) bond motifs is 1. The van der Waals surface area contributed by atoms with Crippen molar-refractivity contribution in [2.24, 2.45) is 0 Å². The van der Waals surface area contributed by atoms with E-state index in [1.165, 1.54) is 12.0 Å². The van der Waals surface area contributed by atoms with Crippen molar-refractivity contribution in [3.63, 3.8) is 0 Å². The molecular weight excluding hydrogens is 523 g/mol. The fourth-order valence-corrected chi connectivity index (χ4v) is 4.96. The lowest BCUT2D eigenvalue weighted by atomic mass is 10.0. The summed E-state index contributed by atoms with van der Waals surface area (Å²) in [6.45, 7) is 8.99. The molecule has 0 spiro atoms. The van der Waals surface area contributed by atoms with Gasteiger partial charge in [-0.25, -0.2) is 19.6 Å². The molecule has 1 aliphatic rings. The number of carbonyl (C=O) groups excluding carboxylic acids is 2. The quantitative estimate of drug-likeness (QED) is 0.372. The molecule has 1 aliphatic heterocycles. The predicted molar refractivity (Wildman–Crippen MR) is 135 cm³/mol. The van der Waals surface area contributed by atoms with Gasteiger partial charge >= 0.3 is 18.2 Å². The average Bonchev–Trinajstić information content (AvgIpc) is 3.48. The van der Waals surface area contributed by atoms with Crippen LogP contribution in [0.2, 0.25) is 0 Å². The van der Waals surface area contributed by atoms with E-state index in [4.69, 9.17) is 14.2 Å². The number of alkyl halides is 3. The van der Waals surface area contributed by atoms with Gasteiger partial charge in [0, 0.05) is 23.3 Å². The van der Waals surface area contributed by atoms with E-state index in [9.17, 15) is 22.8 Å². The van der Waals surface area contributed by atoms with Crippen LogP contribution in [0.3, 0.4) is 0 Å². The van der Waals surface area contributed by atoms with Gasteiger partial charge in [-0.1, -0.05) is 6.07 Å². The minimum Gasteiger partial charge on any atom is -0.488 e. The van der Waals surface area contributed by atoms with E-state index < -0.39 is 41.7 Å². The molecule has 0 unspecified atom stereocenters. The first-order valence-electron chi connectivity index (χ1n) is 11.9. The van der Waals surface area contributed by atoms with Crippen LogP contribution in [-0.4, -0.2) is 58.3 Å². The van der Waals surface area contributed by atoms with E-state index in [-0.39, 0.29) is 23.7 Å². The molecule has 3 aromatic rings. The summed E-state index contributed by atoms with van der Waals surface area (Å²) in [4.78, 5) is 34.9. The topological polar surface area (TPSA) is 90.9 Å². The Hall–Kier alpha value is -3.41. The van der Waals surface area contributed by atoms with Crippen molar-refractivity contribution in [2.75, 3.05) is 13.7 Å². The van der Waals surface area contributed by atoms with Crippen LogP contribution in [0.4, 0.5) is 18.0 Å². The molecule has 38 heavy (non-hydrogen) atoms. The lowest BCUT2D eigenvalue weighted by Crippen LogP contribution is -2.44. The van der Waals surface area contributed by atoms with Crippen molar-refractivity contribution in [2.45, 2.75) is 65.0 Å². The summed E-state index contributed by atoms with van der Waals surface area (Å²) in [5.74, 6) is -0.243. The maximum absolute atomic E-state index is 13.2. The van der Waals surface area contributed by atoms with Crippen molar-refractivity contribution in [3.05, 3.63) is 40.4 Å². The highest BCUT2D eigenvalue weighted by Crippen LogP contribution is 2.38. The zero-order chi connectivity index (χ0) is 28.0. The Kier molecular flexibility index (Phi) is 7.30. The van der Waals surface area contributed by atoms with Crippen LogP contribution >= 0.6 is 11.3 Å². The highest BCUT2D eigenvalue weighted by atomic mass is 32.1. The number of rotatable bonds is 4. The third-order valence-electron chi connectivity index (χ3n) is 6.14. The zero-order valence-electron chi connectivity index (χ0n) is 21.8. The molecule has 1 fully saturated rings. The molecule has 0 bridgehead atoms. The minimum atomic E-state index is -4.57. The number of hydrogen-bond donors (Lipinski definition) is 0. The van der Waals surface area contributed by atoms with Gasteiger partial charge in [0.15, 0.2) is 5.69 Å². The molecule has 2 atom stereocenters. The second-order valence-corrected chi connectivity index (χ2v) is 11.0. The Morgan fingerprint density at radius 3 is 2.45 bits per heavy atom. The van der Waals surface area contributed by atoms with Crippen molar-refractivity contribution >= 4 is 34.3 Å². The van der Waals surface area contributed by atoms with Crippen molar-refractivity contribution in [1.82, 2.24) is 14.9 Å².